The highest BCUT2D eigenvalue weighted by molar-refractivity contribution is 5.74. The summed E-state index contributed by atoms with van der Waals surface area (Å²) in [4.78, 5) is 0. The van der Waals surface area contributed by atoms with Crippen LogP contribution >= 0.6 is 0 Å². The molecule has 0 aliphatic rings. The Morgan fingerprint density at radius 2 is 0.864 bits per heavy atom. The fourth-order valence-electron chi connectivity index (χ4n) is 3.00. The molecule has 0 radical (unpaired) electrons. The van der Waals surface area contributed by atoms with Gasteiger partial charge in [0.1, 0.15) is 0 Å². The maximum Gasteiger partial charge on any atom is -0.0146 e. The molecule has 22 heavy (non-hydrogen) atoms. The van der Waals surface area contributed by atoms with Crippen LogP contribution in [0.2, 0.25) is 0 Å². The van der Waals surface area contributed by atoms with E-state index in [4.69, 9.17) is 0 Å². The Kier molecular flexibility index (Phi) is 4.80. The zero-order valence-corrected chi connectivity index (χ0v) is 15.5. The molecule has 0 aliphatic carbocycles. The van der Waals surface area contributed by atoms with Gasteiger partial charge >= 0.3 is 0 Å². The molecule has 2 rings (SSSR count). The maximum atomic E-state index is 2.40. The van der Waals surface area contributed by atoms with Gasteiger partial charge in [0.15, 0.2) is 0 Å². The second-order valence-electron chi connectivity index (χ2n) is 7.33. The van der Waals surface area contributed by atoms with Gasteiger partial charge in [-0.05, 0) is 84.0 Å². The Balaban J connectivity index is 2.75. The van der Waals surface area contributed by atoms with Crippen LogP contribution in [0.5, 0.6) is 0 Å². The summed E-state index contributed by atoms with van der Waals surface area (Å²) in [5.41, 5.74) is 11.3. The molecule has 0 aliphatic heterocycles. The minimum absolute atomic E-state index is 0.563. The van der Waals surface area contributed by atoms with Crippen molar-refractivity contribution in [1.29, 1.82) is 0 Å². The second kappa shape index (κ2) is 6.28. The third kappa shape index (κ3) is 3.11. The van der Waals surface area contributed by atoms with Crippen molar-refractivity contribution < 1.29 is 0 Å². The van der Waals surface area contributed by atoms with Crippen molar-refractivity contribution in [2.45, 2.75) is 67.2 Å². The van der Waals surface area contributed by atoms with E-state index in [1.165, 1.54) is 44.5 Å². The van der Waals surface area contributed by atoms with E-state index in [-0.39, 0.29) is 0 Å². The molecule has 0 nitrogen and oxygen atoms in total. The van der Waals surface area contributed by atoms with Crippen molar-refractivity contribution in [3.8, 4) is 11.1 Å². The number of hydrogen-bond acceptors (Lipinski definition) is 0. The normalized spacial score (nSPS) is 11.5. The molecule has 0 N–H and O–H groups in total. The summed E-state index contributed by atoms with van der Waals surface area (Å²) in [6.45, 7) is 18.1. The SMILES string of the molecule is Cc1cc(C(C)C)cc(-c2cc(C(C)C)cc(C)c2C)c1C. The zero-order valence-electron chi connectivity index (χ0n) is 15.5. The average molecular weight is 294 g/mol. The fraction of sp³-hybridized carbons (Fsp3) is 0.455. The summed E-state index contributed by atoms with van der Waals surface area (Å²) >= 11 is 0. The van der Waals surface area contributed by atoms with Crippen molar-refractivity contribution in [1.82, 2.24) is 0 Å². The van der Waals surface area contributed by atoms with Crippen LogP contribution in [0.1, 0.15) is 72.9 Å². The van der Waals surface area contributed by atoms with Gasteiger partial charge < -0.3 is 0 Å². The topological polar surface area (TPSA) is 0 Å². The largest absolute Gasteiger partial charge is 0.0587 e. The molecule has 0 spiro atoms. The summed E-state index contributed by atoms with van der Waals surface area (Å²) < 4.78 is 0. The van der Waals surface area contributed by atoms with Crippen molar-refractivity contribution in [2.24, 2.45) is 0 Å². The number of aryl methyl sites for hydroxylation is 2. The molecule has 0 bridgehead atoms. The third-order valence-electron chi connectivity index (χ3n) is 5.00. The van der Waals surface area contributed by atoms with Crippen LogP contribution in [0.25, 0.3) is 11.1 Å². The monoisotopic (exact) mass is 294 g/mol. The third-order valence-corrected chi connectivity index (χ3v) is 5.00. The first-order chi connectivity index (χ1) is 10.2. The van der Waals surface area contributed by atoms with E-state index in [1.807, 2.05) is 0 Å². The number of rotatable bonds is 3. The first kappa shape index (κ1) is 16.8. The molecule has 0 saturated heterocycles. The van der Waals surface area contributed by atoms with E-state index < -0.39 is 0 Å². The van der Waals surface area contributed by atoms with Gasteiger partial charge in [-0.1, -0.05) is 52.0 Å². The molecule has 0 heterocycles. The van der Waals surface area contributed by atoms with Crippen LogP contribution in [-0.2, 0) is 0 Å². The highest BCUT2D eigenvalue weighted by Crippen LogP contribution is 2.35. The number of hydrogen-bond donors (Lipinski definition) is 0. The highest BCUT2D eigenvalue weighted by Gasteiger charge is 2.14. The van der Waals surface area contributed by atoms with E-state index >= 15 is 0 Å². The first-order valence-corrected chi connectivity index (χ1v) is 8.45. The molecule has 0 fully saturated rings. The van der Waals surface area contributed by atoms with Crippen LogP contribution in [0.3, 0.4) is 0 Å². The van der Waals surface area contributed by atoms with E-state index in [1.54, 1.807) is 0 Å². The van der Waals surface area contributed by atoms with E-state index in [0.717, 1.165) is 0 Å². The van der Waals surface area contributed by atoms with Crippen molar-refractivity contribution in [3.63, 3.8) is 0 Å². The van der Waals surface area contributed by atoms with E-state index in [0.29, 0.717) is 11.8 Å². The van der Waals surface area contributed by atoms with Gasteiger partial charge in [-0.25, -0.2) is 0 Å². The van der Waals surface area contributed by atoms with Crippen LogP contribution in [0.4, 0.5) is 0 Å². The molecule has 0 unspecified atom stereocenters. The predicted octanol–water partition coefficient (Wildman–Crippen LogP) is 6.83. The molecular weight excluding hydrogens is 264 g/mol. The summed E-state index contributed by atoms with van der Waals surface area (Å²) in [5, 5.41) is 0. The maximum absolute atomic E-state index is 2.40. The van der Waals surface area contributed by atoms with Gasteiger partial charge in [-0.2, -0.15) is 0 Å². The first-order valence-electron chi connectivity index (χ1n) is 8.45. The summed E-state index contributed by atoms with van der Waals surface area (Å²) in [7, 11) is 0. The Morgan fingerprint density at radius 3 is 1.14 bits per heavy atom. The molecule has 2 aromatic rings. The minimum Gasteiger partial charge on any atom is -0.0587 e. The standard InChI is InChI=1S/C22H30/c1-13(2)19-9-15(5)17(7)21(11-19)22-12-20(14(3)4)10-16(6)18(22)8/h9-14H,1-8H3. The van der Waals surface area contributed by atoms with Gasteiger partial charge in [0.05, 0.1) is 0 Å². The van der Waals surface area contributed by atoms with Crippen LogP contribution in [-0.4, -0.2) is 0 Å². The molecular formula is C22H30. The van der Waals surface area contributed by atoms with Gasteiger partial charge in [0, 0.05) is 0 Å². The molecule has 0 atom stereocenters. The Morgan fingerprint density at radius 1 is 0.545 bits per heavy atom. The lowest BCUT2D eigenvalue weighted by Gasteiger charge is -2.19. The highest BCUT2D eigenvalue weighted by atomic mass is 14.2. The Labute approximate surface area is 136 Å². The lowest BCUT2D eigenvalue weighted by Crippen LogP contribution is -1.99. The molecule has 0 amide bonds. The second-order valence-corrected chi connectivity index (χ2v) is 7.33. The summed E-state index contributed by atoms with van der Waals surface area (Å²) in [5.74, 6) is 1.13. The van der Waals surface area contributed by atoms with Crippen LogP contribution in [0.15, 0.2) is 24.3 Å². The number of benzene rings is 2. The Bertz CT molecular complexity index is 626. The minimum atomic E-state index is 0.563. The molecule has 0 saturated carbocycles. The molecule has 0 aromatic heterocycles. The molecule has 0 heteroatoms. The quantitative estimate of drug-likeness (QED) is 0.581. The smallest absolute Gasteiger partial charge is 0.0146 e. The van der Waals surface area contributed by atoms with Crippen LogP contribution in [0, 0.1) is 27.7 Å². The van der Waals surface area contributed by atoms with Crippen molar-refractivity contribution in [2.75, 3.05) is 0 Å². The average Bonchev–Trinajstić information content (AvgIpc) is 2.44. The van der Waals surface area contributed by atoms with Crippen LogP contribution < -0.4 is 0 Å². The zero-order chi connectivity index (χ0) is 16.6. The van der Waals surface area contributed by atoms with Gasteiger partial charge in [-0.3, -0.25) is 0 Å². The summed E-state index contributed by atoms with van der Waals surface area (Å²) in [6, 6.07) is 9.49. The van der Waals surface area contributed by atoms with Gasteiger partial charge in [0.25, 0.3) is 0 Å². The van der Waals surface area contributed by atoms with Gasteiger partial charge in [-0.15, -0.1) is 0 Å². The fourth-order valence-corrected chi connectivity index (χ4v) is 3.00. The lowest BCUT2D eigenvalue weighted by atomic mass is 9.86. The van der Waals surface area contributed by atoms with Crippen molar-refractivity contribution >= 4 is 0 Å². The van der Waals surface area contributed by atoms with E-state index in [2.05, 4.69) is 79.7 Å². The predicted molar refractivity (Wildman–Crippen MR) is 99.0 cm³/mol. The Hall–Kier alpha value is -1.56. The van der Waals surface area contributed by atoms with Gasteiger partial charge in [0.2, 0.25) is 0 Å². The molecule has 118 valence electrons. The molecule has 2 aromatic carbocycles. The van der Waals surface area contributed by atoms with E-state index in [9.17, 15) is 0 Å². The van der Waals surface area contributed by atoms with Crippen molar-refractivity contribution in [3.05, 3.63) is 57.6 Å². The lowest BCUT2D eigenvalue weighted by molar-refractivity contribution is 0.861. The summed E-state index contributed by atoms with van der Waals surface area (Å²) in [6.07, 6.45) is 0.